The minimum absolute atomic E-state index is 0.0155. The molecule has 0 spiro atoms. The number of nitrogens with zero attached hydrogens (tertiary/aromatic N) is 1. The molecule has 0 radical (unpaired) electrons. The van der Waals surface area contributed by atoms with Gasteiger partial charge in [-0.3, -0.25) is 4.79 Å². The Labute approximate surface area is 98.4 Å². The molecule has 16 heavy (non-hydrogen) atoms. The molecule has 0 aliphatic carbocycles. The van der Waals surface area contributed by atoms with E-state index in [1.165, 1.54) is 0 Å². The summed E-state index contributed by atoms with van der Waals surface area (Å²) in [6, 6.07) is -0.519. The lowest BCUT2D eigenvalue weighted by atomic mass is 9.82. The van der Waals surface area contributed by atoms with Crippen molar-refractivity contribution in [2.45, 2.75) is 45.6 Å². The summed E-state index contributed by atoms with van der Waals surface area (Å²) in [5.41, 5.74) is 6.06. The average molecular weight is 222 g/mol. The topological polar surface area (TPSA) is 46.3 Å². The number of amides is 1. The van der Waals surface area contributed by atoms with Gasteiger partial charge in [-0.25, -0.2) is 0 Å². The maximum atomic E-state index is 12.0. The summed E-state index contributed by atoms with van der Waals surface area (Å²) in [5, 5.41) is 0. The number of hydrogen-bond donors (Lipinski definition) is 1. The molecule has 1 unspecified atom stereocenters. The number of carbonyl (C=O) groups excluding carboxylic acids is 1. The molecule has 0 aromatic heterocycles. The fourth-order valence-electron chi connectivity index (χ4n) is 2.40. The molecule has 3 nitrogen and oxygen atoms in total. The highest BCUT2D eigenvalue weighted by atomic mass is 16.2. The molecule has 1 saturated heterocycles. The lowest BCUT2D eigenvalue weighted by molar-refractivity contribution is -0.131. The highest BCUT2D eigenvalue weighted by Crippen LogP contribution is 2.37. The van der Waals surface area contributed by atoms with Gasteiger partial charge in [0.25, 0.3) is 0 Å². The number of carbonyl (C=O) groups is 1. The first-order valence-corrected chi connectivity index (χ1v) is 6.06. The molecule has 0 bridgehead atoms. The molecule has 1 rings (SSSR count). The van der Waals surface area contributed by atoms with Crippen LogP contribution in [-0.2, 0) is 4.79 Å². The van der Waals surface area contributed by atoms with E-state index in [-0.39, 0.29) is 5.91 Å². The van der Waals surface area contributed by atoms with Crippen molar-refractivity contribution in [1.82, 2.24) is 4.90 Å². The SMILES string of the molecule is C#CCC(N)C(=O)N1CCC(CC)(CC)C1. The van der Waals surface area contributed by atoms with E-state index in [4.69, 9.17) is 12.2 Å². The summed E-state index contributed by atoms with van der Waals surface area (Å²) < 4.78 is 0. The first-order valence-electron chi connectivity index (χ1n) is 6.06. The molecule has 90 valence electrons. The number of nitrogens with two attached hydrogens (primary N) is 1. The Bertz CT molecular complexity index is 289. The van der Waals surface area contributed by atoms with E-state index >= 15 is 0 Å². The number of rotatable bonds is 4. The Morgan fingerprint density at radius 2 is 2.19 bits per heavy atom. The molecular weight excluding hydrogens is 200 g/mol. The molecule has 1 atom stereocenters. The van der Waals surface area contributed by atoms with E-state index in [0.29, 0.717) is 11.8 Å². The van der Waals surface area contributed by atoms with Crippen molar-refractivity contribution < 1.29 is 4.79 Å². The molecule has 0 aromatic carbocycles. The van der Waals surface area contributed by atoms with Crippen LogP contribution in [0.15, 0.2) is 0 Å². The van der Waals surface area contributed by atoms with E-state index in [2.05, 4.69) is 19.8 Å². The molecule has 2 N–H and O–H groups in total. The molecule has 0 saturated carbocycles. The normalized spacial score (nSPS) is 20.5. The largest absolute Gasteiger partial charge is 0.341 e. The van der Waals surface area contributed by atoms with E-state index in [9.17, 15) is 4.79 Å². The molecule has 1 heterocycles. The molecule has 0 aromatic rings. The smallest absolute Gasteiger partial charge is 0.240 e. The van der Waals surface area contributed by atoms with Gasteiger partial charge in [0.1, 0.15) is 0 Å². The monoisotopic (exact) mass is 222 g/mol. The van der Waals surface area contributed by atoms with Gasteiger partial charge in [-0.15, -0.1) is 12.3 Å². The third kappa shape index (κ3) is 2.56. The van der Waals surface area contributed by atoms with Crippen LogP contribution in [0.4, 0.5) is 0 Å². The van der Waals surface area contributed by atoms with E-state index in [0.717, 1.165) is 32.4 Å². The fourth-order valence-corrected chi connectivity index (χ4v) is 2.40. The van der Waals surface area contributed by atoms with Crippen LogP contribution >= 0.6 is 0 Å². The summed E-state index contributed by atoms with van der Waals surface area (Å²) in [7, 11) is 0. The van der Waals surface area contributed by atoms with Gasteiger partial charge in [0.2, 0.25) is 5.91 Å². The second kappa shape index (κ2) is 5.36. The van der Waals surface area contributed by atoms with Crippen molar-refractivity contribution in [2.24, 2.45) is 11.1 Å². The first-order chi connectivity index (χ1) is 7.58. The Morgan fingerprint density at radius 3 is 2.62 bits per heavy atom. The molecule has 3 heteroatoms. The quantitative estimate of drug-likeness (QED) is 0.730. The lowest BCUT2D eigenvalue weighted by Crippen LogP contribution is -2.43. The van der Waals surface area contributed by atoms with Crippen LogP contribution in [0, 0.1) is 17.8 Å². The van der Waals surface area contributed by atoms with Crippen LogP contribution in [0.5, 0.6) is 0 Å². The van der Waals surface area contributed by atoms with Crippen LogP contribution in [-0.4, -0.2) is 29.9 Å². The van der Waals surface area contributed by atoms with E-state index < -0.39 is 6.04 Å². The van der Waals surface area contributed by atoms with Crippen molar-refractivity contribution in [3.63, 3.8) is 0 Å². The number of terminal acetylenes is 1. The van der Waals surface area contributed by atoms with Crippen molar-refractivity contribution in [2.75, 3.05) is 13.1 Å². The van der Waals surface area contributed by atoms with Crippen molar-refractivity contribution in [3.05, 3.63) is 0 Å². The summed E-state index contributed by atoms with van der Waals surface area (Å²) in [6.07, 6.45) is 8.84. The average Bonchev–Trinajstić information content (AvgIpc) is 2.73. The van der Waals surface area contributed by atoms with Gasteiger partial charge < -0.3 is 10.6 Å². The number of hydrogen-bond acceptors (Lipinski definition) is 2. The summed E-state index contributed by atoms with van der Waals surface area (Å²) in [4.78, 5) is 13.8. The molecular formula is C13H22N2O. The lowest BCUT2D eigenvalue weighted by Gasteiger charge is -2.27. The Kier molecular flexibility index (Phi) is 4.37. The maximum absolute atomic E-state index is 12.0. The van der Waals surface area contributed by atoms with Crippen LogP contribution < -0.4 is 5.73 Å². The van der Waals surface area contributed by atoms with Crippen molar-refractivity contribution in [3.8, 4) is 12.3 Å². The highest BCUT2D eigenvalue weighted by Gasteiger charge is 2.37. The zero-order valence-corrected chi connectivity index (χ0v) is 10.3. The second-order valence-electron chi connectivity index (χ2n) is 4.73. The zero-order valence-electron chi connectivity index (χ0n) is 10.3. The Morgan fingerprint density at radius 1 is 1.56 bits per heavy atom. The zero-order chi connectivity index (χ0) is 12.2. The van der Waals surface area contributed by atoms with Crippen LogP contribution in [0.25, 0.3) is 0 Å². The van der Waals surface area contributed by atoms with Gasteiger partial charge in [0.15, 0.2) is 0 Å². The Hall–Kier alpha value is -1.01. The van der Waals surface area contributed by atoms with Crippen LogP contribution in [0.1, 0.15) is 39.5 Å². The molecule has 1 aliphatic heterocycles. The third-order valence-corrected chi connectivity index (χ3v) is 3.90. The van der Waals surface area contributed by atoms with Crippen LogP contribution in [0.2, 0.25) is 0 Å². The number of likely N-dealkylation sites (tertiary alicyclic amines) is 1. The van der Waals surface area contributed by atoms with Crippen molar-refractivity contribution in [1.29, 1.82) is 0 Å². The second-order valence-corrected chi connectivity index (χ2v) is 4.73. The minimum atomic E-state index is -0.519. The molecule has 1 aliphatic rings. The van der Waals surface area contributed by atoms with Gasteiger partial charge >= 0.3 is 0 Å². The molecule has 1 fully saturated rings. The maximum Gasteiger partial charge on any atom is 0.240 e. The summed E-state index contributed by atoms with van der Waals surface area (Å²) in [6.45, 7) is 6.06. The van der Waals surface area contributed by atoms with Gasteiger partial charge in [-0.05, 0) is 24.7 Å². The predicted octanol–water partition coefficient (Wildman–Crippen LogP) is 1.38. The van der Waals surface area contributed by atoms with Crippen molar-refractivity contribution >= 4 is 5.91 Å². The standard InChI is InChI=1S/C13H22N2O/c1-4-7-11(14)12(16)15-9-8-13(5-2,6-3)10-15/h1,11H,5-10,14H2,2-3H3. The predicted molar refractivity (Wildman–Crippen MR) is 65.6 cm³/mol. The van der Waals surface area contributed by atoms with Gasteiger partial charge in [0.05, 0.1) is 6.04 Å². The third-order valence-electron chi connectivity index (χ3n) is 3.90. The van der Waals surface area contributed by atoms with Gasteiger partial charge in [-0.2, -0.15) is 0 Å². The van der Waals surface area contributed by atoms with Gasteiger partial charge in [-0.1, -0.05) is 13.8 Å². The Balaban J connectivity index is 2.59. The summed E-state index contributed by atoms with van der Waals surface area (Å²) in [5.74, 6) is 2.46. The van der Waals surface area contributed by atoms with E-state index in [1.54, 1.807) is 0 Å². The summed E-state index contributed by atoms with van der Waals surface area (Å²) >= 11 is 0. The fraction of sp³-hybridized carbons (Fsp3) is 0.769. The van der Waals surface area contributed by atoms with E-state index in [1.807, 2.05) is 4.90 Å². The van der Waals surface area contributed by atoms with Gasteiger partial charge in [0, 0.05) is 19.5 Å². The highest BCUT2D eigenvalue weighted by molar-refractivity contribution is 5.82. The minimum Gasteiger partial charge on any atom is -0.341 e. The van der Waals surface area contributed by atoms with Crippen LogP contribution in [0.3, 0.4) is 0 Å². The first kappa shape index (κ1) is 13.1. The molecule has 1 amide bonds.